The van der Waals surface area contributed by atoms with Gasteiger partial charge in [0.1, 0.15) is 5.60 Å². The third-order valence-corrected chi connectivity index (χ3v) is 3.07. The lowest BCUT2D eigenvalue weighted by Crippen LogP contribution is -2.42. The van der Waals surface area contributed by atoms with Crippen molar-refractivity contribution in [3.63, 3.8) is 0 Å². The summed E-state index contributed by atoms with van der Waals surface area (Å²) >= 11 is 0. The highest BCUT2D eigenvalue weighted by atomic mass is 16.6. The minimum atomic E-state index is -1.01. The van der Waals surface area contributed by atoms with Crippen LogP contribution in [-0.2, 0) is 4.74 Å². The summed E-state index contributed by atoms with van der Waals surface area (Å²) < 4.78 is 5.50. The van der Waals surface area contributed by atoms with Crippen LogP contribution in [0.15, 0.2) is 18.2 Å². The Bertz CT molecular complexity index is 594. The van der Waals surface area contributed by atoms with E-state index in [4.69, 9.17) is 4.74 Å². The first-order valence-corrected chi connectivity index (χ1v) is 7.65. The van der Waals surface area contributed by atoms with Crippen molar-refractivity contribution in [1.29, 1.82) is 0 Å². The van der Waals surface area contributed by atoms with Crippen LogP contribution in [0.1, 0.15) is 57.5 Å². The molecule has 0 bridgehead atoms. The van der Waals surface area contributed by atoms with E-state index in [2.05, 4.69) is 0 Å². The maximum Gasteiger partial charge on any atom is 0.414 e. The van der Waals surface area contributed by atoms with Gasteiger partial charge in [-0.15, -0.1) is 0 Å². The van der Waals surface area contributed by atoms with Crippen molar-refractivity contribution in [2.45, 2.75) is 54.1 Å². The Morgan fingerprint density at radius 2 is 1.70 bits per heavy atom. The monoisotopic (exact) mass is 321 g/mol. The lowest BCUT2D eigenvalue weighted by Gasteiger charge is -2.33. The molecule has 1 N–H and O–H groups in total. The van der Waals surface area contributed by atoms with Gasteiger partial charge in [0.05, 0.1) is 11.3 Å². The van der Waals surface area contributed by atoms with Gasteiger partial charge in [0.25, 0.3) is 0 Å². The van der Waals surface area contributed by atoms with E-state index < -0.39 is 17.7 Å². The Hall–Kier alpha value is -2.04. The molecular weight excluding hydrogens is 294 g/mol. The molecule has 1 amide bonds. The fourth-order valence-electron chi connectivity index (χ4n) is 2.19. The number of nitrogens with zero attached hydrogens (tertiary/aromatic N) is 1. The highest BCUT2D eigenvalue weighted by Gasteiger charge is 2.29. The number of carbonyl (C=O) groups is 2. The van der Waals surface area contributed by atoms with Crippen LogP contribution in [-0.4, -0.2) is 29.3 Å². The minimum Gasteiger partial charge on any atom is -0.478 e. The fourth-order valence-corrected chi connectivity index (χ4v) is 2.19. The number of aromatic carboxylic acids is 1. The molecule has 0 aliphatic rings. The SMILES string of the molecule is Cc1c(C(=O)O)cccc1N(CC(C)(C)C)C(=O)OC(C)(C)C. The molecule has 1 aromatic rings. The molecule has 0 fully saturated rings. The van der Waals surface area contributed by atoms with E-state index in [9.17, 15) is 14.7 Å². The van der Waals surface area contributed by atoms with E-state index in [1.54, 1.807) is 39.8 Å². The molecule has 0 aliphatic carbocycles. The summed E-state index contributed by atoms with van der Waals surface area (Å²) in [5, 5.41) is 9.29. The van der Waals surface area contributed by atoms with Crippen molar-refractivity contribution in [3.8, 4) is 0 Å². The van der Waals surface area contributed by atoms with E-state index >= 15 is 0 Å². The van der Waals surface area contributed by atoms with Crippen LogP contribution in [0.2, 0.25) is 0 Å². The first-order valence-electron chi connectivity index (χ1n) is 7.65. The highest BCUT2D eigenvalue weighted by Crippen LogP contribution is 2.28. The Labute approximate surface area is 138 Å². The van der Waals surface area contributed by atoms with Gasteiger partial charge in [-0.05, 0) is 50.8 Å². The van der Waals surface area contributed by atoms with E-state index in [-0.39, 0.29) is 11.0 Å². The van der Waals surface area contributed by atoms with E-state index in [1.165, 1.54) is 11.0 Å². The predicted molar refractivity (Wildman–Crippen MR) is 91.2 cm³/mol. The van der Waals surface area contributed by atoms with E-state index in [1.807, 2.05) is 20.8 Å². The number of ether oxygens (including phenoxy) is 1. The molecule has 1 aromatic carbocycles. The normalized spacial score (nSPS) is 12.0. The van der Waals surface area contributed by atoms with Crippen molar-refractivity contribution < 1.29 is 19.4 Å². The number of carboxylic acids is 1. The van der Waals surface area contributed by atoms with Gasteiger partial charge < -0.3 is 9.84 Å². The summed E-state index contributed by atoms with van der Waals surface area (Å²) in [5.74, 6) is -1.01. The number of hydrogen-bond donors (Lipinski definition) is 1. The van der Waals surface area contributed by atoms with Crippen LogP contribution >= 0.6 is 0 Å². The zero-order valence-electron chi connectivity index (χ0n) is 15.1. The quantitative estimate of drug-likeness (QED) is 0.891. The third kappa shape index (κ3) is 5.58. The second-order valence-electron chi connectivity index (χ2n) is 7.88. The van der Waals surface area contributed by atoms with Gasteiger partial charge in [-0.2, -0.15) is 0 Å². The van der Waals surface area contributed by atoms with Crippen molar-refractivity contribution >= 4 is 17.7 Å². The number of rotatable bonds is 3. The molecule has 0 saturated heterocycles. The number of benzene rings is 1. The summed E-state index contributed by atoms with van der Waals surface area (Å²) in [6.07, 6.45) is -0.474. The van der Waals surface area contributed by atoms with Gasteiger partial charge in [-0.1, -0.05) is 26.8 Å². The summed E-state index contributed by atoms with van der Waals surface area (Å²) in [6.45, 7) is 13.6. The second-order valence-corrected chi connectivity index (χ2v) is 7.88. The molecule has 0 saturated carbocycles. The molecule has 1 rings (SSSR count). The number of carbonyl (C=O) groups excluding carboxylic acids is 1. The third-order valence-electron chi connectivity index (χ3n) is 3.07. The summed E-state index contributed by atoms with van der Waals surface area (Å²) in [6, 6.07) is 4.93. The van der Waals surface area contributed by atoms with E-state index in [0.29, 0.717) is 17.8 Å². The van der Waals surface area contributed by atoms with E-state index in [0.717, 1.165) is 0 Å². The van der Waals surface area contributed by atoms with Gasteiger partial charge in [-0.25, -0.2) is 9.59 Å². The van der Waals surface area contributed by atoms with Crippen molar-refractivity contribution in [2.24, 2.45) is 5.41 Å². The lowest BCUT2D eigenvalue weighted by molar-refractivity contribution is 0.0566. The predicted octanol–water partition coefficient (Wildman–Crippen LogP) is 4.48. The van der Waals surface area contributed by atoms with Crippen LogP contribution in [0, 0.1) is 12.3 Å². The molecule has 23 heavy (non-hydrogen) atoms. The largest absolute Gasteiger partial charge is 0.478 e. The van der Waals surface area contributed by atoms with Crippen LogP contribution in [0.5, 0.6) is 0 Å². The van der Waals surface area contributed by atoms with Crippen molar-refractivity contribution in [3.05, 3.63) is 29.3 Å². The average Bonchev–Trinajstić information content (AvgIpc) is 2.33. The summed E-state index contributed by atoms with van der Waals surface area (Å²) in [4.78, 5) is 25.5. The van der Waals surface area contributed by atoms with Crippen LogP contribution in [0.25, 0.3) is 0 Å². The molecule has 5 nitrogen and oxygen atoms in total. The highest BCUT2D eigenvalue weighted by molar-refractivity contribution is 5.95. The zero-order chi connectivity index (χ0) is 18.0. The number of hydrogen-bond acceptors (Lipinski definition) is 3. The minimum absolute atomic E-state index is 0.164. The number of anilines is 1. The molecule has 0 atom stereocenters. The van der Waals surface area contributed by atoms with Crippen LogP contribution in [0.3, 0.4) is 0 Å². The summed E-state index contributed by atoms with van der Waals surface area (Å²) in [7, 11) is 0. The molecule has 0 aromatic heterocycles. The maximum atomic E-state index is 12.6. The Balaban J connectivity index is 3.33. The molecule has 0 heterocycles. The molecule has 5 heteroatoms. The first-order chi connectivity index (χ1) is 10.3. The van der Waals surface area contributed by atoms with Gasteiger partial charge in [0.2, 0.25) is 0 Å². The summed E-state index contributed by atoms with van der Waals surface area (Å²) in [5.41, 5.74) is 0.517. The smallest absolute Gasteiger partial charge is 0.414 e. The molecule has 0 spiro atoms. The van der Waals surface area contributed by atoms with Crippen LogP contribution in [0.4, 0.5) is 10.5 Å². The molecule has 128 valence electrons. The zero-order valence-corrected chi connectivity index (χ0v) is 15.1. The molecule has 0 radical (unpaired) electrons. The van der Waals surface area contributed by atoms with Gasteiger partial charge in [0.15, 0.2) is 0 Å². The molecule has 0 unspecified atom stereocenters. The van der Waals surface area contributed by atoms with Gasteiger partial charge in [0, 0.05) is 6.54 Å². The first kappa shape index (κ1) is 19.0. The van der Waals surface area contributed by atoms with Gasteiger partial charge in [-0.3, -0.25) is 4.90 Å². The topological polar surface area (TPSA) is 66.8 Å². The average molecular weight is 321 g/mol. The van der Waals surface area contributed by atoms with Crippen molar-refractivity contribution in [2.75, 3.05) is 11.4 Å². The Morgan fingerprint density at radius 3 is 2.13 bits per heavy atom. The Morgan fingerprint density at radius 1 is 1.13 bits per heavy atom. The Kier molecular flexibility index (Phi) is 5.46. The second kappa shape index (κ2) is 6.60. The standard InChI is InChI=1S/C18H27NO4/c1-12-13(15(20)21)9-8-10-14(12)19(11-17(2,3)4)16(22)23-18(5,6)7/h8-10H,11H2,1-7H3,(H,20,21). The van der Waals surface area contributed by atoms with Crippen molar-refractivity contribution in [1.82, 2.24) is 0 Å². The number of carboxylic acid groups (broad SMARTS) is 1. The molecule has 0 aliphatic heterocycles. The van der Waals surface area contributed by atoms with Gasteiger partial charge >= 0.3 is 12.1 Å². The molecular formula is C18H27NO4. The fraction of sp³-hybridized carbons (Fsp3) is 0.556. The lowest BCUT2D eigenvalue weighted by atomic mass is 9.95. The number of amides is 1. The maximum absolute atomic E-state index is 12.6. The van der Waals surface area contributed by atoms with Crippen LogP contribution < -0.4 is 4.90 Å².